The third kappa shape index (κ3) is 3.29. The smallest absolute Gasteiger partial charge is 0.123 e. The molecule has 1 rings (SSSR count). The van der Waals surface area contributed by atoms with E-state index in [2.05, 4.69) is 12.2 Å². The van der Waals surface area contributed by atoms with E-state index >= 15 is 0 Å². The van der Waals surface area contributed by atoms with Crippen LogP contribution in [0.15, 0.2) is 24.3 Å². The average molecular weight is 210 g/mol. The van der Waals surface area contributed by atoms with Crippen LogP contribution in [-0.2, 0) is 0 Å². The number of halogens is 1. The molecule has 3 heteroatoms. The molecule has 0 saturated heterocycles. The van der Waals surface area contributed by atoms with Crippen molar-refractivity contribution in [3.05, 3.63) is 35.6 Å². The largest absolute Gasteiger partial charge is 0.324 e. The van der Waals surface area contributed by atoms with Gasteiger partial charge in [0.25, 0.3) is 0 Å². The van der Waals surface area contributed by atoms with E-state index in [4.69, 9.17) is 5.73 Å². The SMILES string of the molecule is CCC(CNC)C(N)c1cccc(F)c1. The van der Waals surface area contributed by atoms with Crippen molar-refractivity contribution in [1.29, 1.82) is 0 Å². The maximum absolute atomic E-state index is 13.0. The van der Waals surface area contributed by atoms with Gasteiger partial charge in [0, 0.05) is 6.04 Å². The molecule has 84 valence electrons. The van der Waals surface area contributed by atoms with E-state index in [-0.39, 0.29) is 11.9 Å². The predicted octanol–water partition coefficient (Wildman–Crippen LogP) is 2.07. The lowest BCUT2D eigenvalue weighted by Gasteiger charge is -2.22. The lowest BCUT2D eigenvalue weighted by molar-refractivity contribution is 0.402. The minimum absolute atomic E-state index is 0.0989. The summed E-state index contributed by atoms with van der Waals surface area (Å²) in [6.45, 7) is 2.95. The summed E-state index contributed by atoms with van der Waals surface area (Å²) < 4.78 is 13.0. The zero-order valence-electron chi connectivity index (χ0n) is 9.33. The molecule has 0 spiro atoms. The minimum Gasteiger partial charge on any atom is -0.324 e. The van der Waals surface area contributed by atoms with Crippen molar-refractivity contribution in [2.45, 2.75) is 19.4 Å². The van der Waals surface area contributed by atoms with Gasteiger partial charge in [-0.1, -0.05) is 25.5 Å². The molecule has 0 heterocycles. The third-order valence-electron chi connectivity index (χ3n) is 2.73. The van der Waals surface area contributed by atoms with E-state index in [0.717, 1.165) is 18.5 Å². The van der Waals surface area contributed by atoms with E-state index in [1.54, 1.807) is 6.07 Å². The Bertz CT molecular complexity index is 301. The van der Waals surface area contributed by atoms with Crippen molar-refractivity contribution in [3.8, 4) is 0 Å². The molecule has 2 atom stereocenters. The average Bonchev–Trinajstić information content (AvgIpc) is 2.25. The van der Waals surface area contributed by atoms with Crippen LogP contribution in [0.3, 0.4) is 0 Å². The van der Waals surface area contributed by atoms with Gasteiger partial charge >= 0.3 is 0 Å². The molecule has 0 fully saturated rings. The second kappa shape index (κ2) is 5.83. The fourth-order valence-electron chi connectivity index (χ4n) is 1.77. The Labute approximate surface area is 90.7 Å². The van der Waals surface area contributed by atoms with Gasteiger partial charge in [-0.3, -0.25) is 0 Å². The second-order valence-corrected chi connectivity index (χ2v) is 3.81. The van der Waals surface area contributed by atoms with Gasteiger partial charge in [-0.25, -0.2) is 4.39 Å². The van der Waals surface area contributed by atoms with Gasteiger partial charge in [0.15, 0.2) is 0 Å². The molecule has 0 radical (unpaired) electrons. The molecule has 0 aromatic heterocycles. The highest BCUT2D eigenvalue weighted by Crippen LogP contribution is 2.22. The predicted molar refractivity (Wildman–Crippen MR) is 61.0 cm³/mol. The zero-order valence-corrected chi connectivity index (χ0v) is 9.33. The Morgan fingerprint density at radius 2 is 2.20 bits per heavy atom. The third-order valence-corrected chi connectivity index (χ3v) is 2.73. The molecule has 15 heavy (non-hydrogen) atoms. The summed E-state index contributed by atoms with van der Waals surface area (Å²) >= 11 is 0. The normalized spacial score (nSPS) is 14.9. The lowest BCUT2D eigenvalue weighted by atomic mass is 9.91. The number of nitrogens with one attached hydrogen (secondary N) is 1. The summed E-state index contributed by atoms with van der Waals surface area (Å²) in [4.78, 5) is 0. The molecule has 2 unspecified atom stereocenters. The van der Waals surface area contributed by atoms with Crippen molar-refractivity contribution in [2.24, 2.45) is 11.7 Å². The molecule has 0 aliphatic rings. The van der Waals surface area contributed by atoms with Crippen molar-refractivity contribution >= 4 is 0 Å². The summed E-state index contributed by atoms with van der Waals surface area (Å²) in [7, 11) is 1.90. The number of rotatable bonds is 5. The maximum atomic E-state index is 13.0. The van der Waals surface area contributed by atoms with Crippen LogP contribution >= 0.6 is 0 Å². The van der Waals surface area contributed by atoms with Crippen LogP contribution in [0.4, 0.5) is 4.39 Å². The van der Waals surface area contributed by atoms with Gasteiger partial charge in [0.05, 0.1) is 0 Å². The topological polar surface area (TPSA) is 38.0 Å². The Morgan fingerprint density at radius 1 is 1.47 bits per heavy atom. The van der Waals surface area contributed by atoms with E-state index in [9.17, 15) is 4.39 Å². The highest BCUT2D eigenvalue weighted by molar-refractivity contribution is 5.20. The highest BCUT2D eigenvalue weighted by Gasteiger charge is 2.17. The number of benzene rings is 1. The summed E-state index contributed by atoms with van der Waals surface area (Å²) in [6, 6.07) is 6.44. The number of hydrogen-bond acceptors (Lipinski definition) is 2. The van der Waals surface area contributed by atoms with E-state index < -0.39 is 0 Å². The molecule has 0 amide bonds. The van der Waals surface area contributed by atoms with Crippen LogP contribution in [0.5, 0.6) is 0 Å². The van der Waals surface area contributed by atoms with Crippen molar-refractivity contribution < 1.29 is 4.39 Å². The molecular formula is C12H19FN2. The summed E-state index contributed by atoms with van der Waals surface area (Å²) in [5.41, 5.74) is 6.97. The molecular weight excluding hydrogens is 191 g/mol. The lowest BCUT2D eigenvalue weighted by Crippen LogP contribution is -2.29. The summed E-state index contributed by atoms with van der Waals surface area (Å²) in [6.07, 6.45) is 0.985. The zero-order chi connectivity index (χ0) is 11.3. The fraction of sp³-hybridized carbons (Fsp3) is 0.500. The van der Waals surface area contributed by atoms with Crippen LogP contribution in [0, 0.1) is 11.7 Å². The maximum Gasteiger partial charge on any atom is 0.123 e. The molecule has 3 N–H and O–H groups in total. The first kappa shape index (κ1) is 12.1. The Hall–Kier alpha value is -0.930. The molecule has 0 saturated carbocycles. The van der Waals surface area contributed by atoms with E-state index in [1.807, 2.05) is 13.1 Å². The van der Waals surface area contributed by atoms with Crippen molar-refractivity contribution in [3.63, 3.8) is 0 Å². The van der Waals surface area contributed by atoms with Crippen molar-refractivity contribution in [2.75, 3.05) is 13.6 Å². The van der Waals surface area contributed by atoms with Crippen LogP contribution < -0.4 is 11.1 Å². The number of nitrogens with two attached hydrogens (primary N) is 1. The fourth-order valence-corrected chi connectivity index (χ4v) is 1.77. The Kier molecular flexibility index (Phi) is 4.72. The van der Waals surface area contributed by atoms with E-state index in [0.29, 0.717) is 5.92 Å². The van der Waals surface area contributed by atoms with Gasteiger partial charge in [0.2, 0.25) is 0 Å². The molecule has 0 bridgehead atoms. The highest BCUT2D eigenvalue weighted by atomic mass is 19.1. The molecule has 1 aromatic rings. The first-order chi connectivity index (χ1) is 7.19. The summed E-state index contributed by atoms with van der Waals surface area (Å²) in [5.74, 6) is 0.124. The van der Waals surface area contributed by atoms with Crippen molar-refractivity contribution in [1.82, 2.24) is 5.32 Å². The Morgan fingerprint density at radius 3 is 2.73 bits per heavy atom. The second-order valence-electron chi connectivity index (χ2n) is 3.81. The summed E-state index contributed by atoms with van der Waals surface area (Å²) in [5, 5.41) is 3.11. The van der Waals surface area contributed by atoms with Gasteiger partial charge in [-0.2, -0.15) is 0 Å². The van der Waals surface area contributed by atoms with E-state index in [1.165, 1.54) is 12.1 Å². The van der Waals surface area contributed by atoms with Gasteiger partial charge < -0.3 is 11.1 Å². The first-order valence-electron chi connectivity index (χ1n) is 5.34. The first-order valence-corrected chi connectivity index (χ1v) is 5.34. The monoisotopic (exact) mass is 210 g/mol. The molecule has 2 nitrogen and oxygen atoms in total. The quantitative estimate of drug-likeness (QED) is 0.780. The van der Waals surface area contributed by atoms with Crippen LogP contribution in [0.25, 0.3) is 0 Å². The van der Waals surface area contributed by atoms with Gasteiger partial charge in [-0.15, -0.1) is 0 Å². The number of hydrogen-bond donors (Lipinski definition) is 2. The van der Waals surface area contributed by atoms with Crippen LogP contribution in [0.1, 0.15) is 24.9 Å². The van der Waals surface area contributed by atoms with Crippen LogP contribution in [0.2, 0.25) is 0 Å². The molecule has 0 aliphatic heterocycles. The van der Waals surface area contributed by atoms with Gasteiger partial charge in [0.1, 0.15) is 5.82 Å². The standard InChI is InChI=1S/C12H19FN2/c1-3-9(8-15-2)12(14)10-5-4-6-11(13)7-10/h4-7,9,12,15H,3,8,14H2,1-2H3. The molecule has 0 aliphatic carbocycles. The van der Waals surface area contributed by atoms with Crippen LogP contribution in [-0.4, -0.2) is 13.6 Å². The minimum atomic E-state index is -0.220. The Balaban J connectivity index is 2.77. The van der Waals surface area contributed by atoms with Gasteiger partial charge in [-0.05, 0) is 37.2 Å². The molecule has 1 aromatic carbocycles.